The lowest BCUT2D eigenvalue weighted by molar-refractivity contribution is -0.810. The van der Waals surface area contributed by atoms with E-state index in [1.165, 1.54) is 128 Å². The molecule has 0 radical (unpaired) electrons. The van der Waals surface area contributed by atoms with Crippen molar-refractivity contribution in [2.24, 2.45) is 0 Å². The van der Waals surface area contributed by atoms with E-state index in [2.05, 4.69) is 13.8 Å². The molecule has 0 aromatic rings. The lowest BCUT2D eigenvalue weighted by Crippen LogP contribution is -3.00. The Balaban J connectivity index is 0. The van der Waals surface area contributed by atoms with E-state index >= 15 is 0 Å². The number of imide groups is 1. The minimum atomic E-state index is -0.978. The molecule has 0 rings (SSSR count). The molecule has 1 unspecified atom stereocenters. The summed E-state index contributed by atoms with van der Waals surface area (Å²) in [5, 5.41) is 10.4. The summed E-state index contributed by atoms with van der Waals surface area (Å²) < 4.78 is -0.448. The van der Waals surface area contributed by atoms with Gasteiger partial charge in [0, 0.05) is 6.92 Å². The van der Waals surface area contributed by atoms with E-state index in [1.807, 2.05) is 0 Å². The number of carbonyl (C=O) groups is 2. The summed E-state index contributed by atoms with van der Waals surface area (Å²) >= 11 is 0. The third kappa shape index (κ3) is 22.2. The van der Waals surface area contributed by atoms with E-state index in [-0.39, 0.29) is 24.2 Å². The molecule has 0 spiro atoms. The smallest absolute Gasteiger partial charge is 0.323 e. The van der Waals surface area contributed by atoms with Crippen molar-refractivity contribution in [2.45, 2.75) is 207 Å². The Bertz CT molecular complexity index is 525. The fraction of sp³-hybridized carbons (Fsp3) is 0.943. The van der Waals surface area contributed by atoms with Crippen LogP contribution in [0.3, 0.4) is 0 Å². The van der Waals surface area contributed by atoms with Crippen molar-refractivity contribution in [2.75, 3.05) is 7.05 Å². The van der Waals surface area contributed by atoms with Gasteiger partial charge in [0.25, 0.3) is 0 Å². The van der Waals surface area contributed by atoms with E-state index in [0.29, 0.717) is 12.8 Å². The number of aliphatic hydroxyl groups is 1. The van der Waals surface area contributed by atoms with E-state index in [0.717, 1.165) is 38.5 Å². The fourth-order valence-electron chi connectivity index (χ4n) is 5.61. The lowest BCUT2D eigenvalue weighted by atomic mass is 10.0. The molecule has 2 amide bonds. The van der Waals surface area contributed by atoms with Crippen LogP contribution in [0.1, 0.15) is 201 Å². The molecule has 0 saturated heterocycles. The van der Waals surface area contributed by atoms with Crippen LogP contribution >= 0.6 is 0 Å². The summed E-state index contributed by atoms with van der Waals surface area (Å²) in [5.74, 6) is -0.236. The zero-order chi connectivity index (χ0) is 29.0. The molecule has 240 valence electrons. The molecule has 0 fully saturated rings. The topological polar surface area (TPSA) is 54.4 Å². The Kier molecular flexibility index (Phi) is 31.3. The Labute approximate surface area is 256 Å². The van der Waals surface area contributed by atoms with Gasteiger partial charge in [0.2, 0.25) is 6.23 Å². The van der Waals surface area contributed by atoms with Crippen LogP contribution in [0.4, 0.5) is 0 Å². The van der Waals surface area contributed by atoms with Crippen LogP contribution in [-0.2, 0) is 9.59 Å². The van der Waals surface area contributed by atoms with Gasteiger partial charge in [-0.1, -0.05) is 168 Å². The van der Waals surface area contributed by atoms with Crippen molar-refractivity contribution < 1.29 is 31.6 Å². The zero-order valence-corrected chi connectivity index (χ0v) is 28.2. The van der Waals surface area contributed by atoms with Gasteiger partial charge in [0.15, 0.2) is 0 Å². The predicted octanol–water partition coefficient (Wildman–Crippen LogP) is 7.79. The van der Waals surface area contributed by atoms with Gasteiger partial charge in [0.05, 0.1) is 19.9 Å². The normalized spacial score (nSPS) is 12.3. The van der Waals surface area contributed by atoms with E-state index in [4.69, 9.17) is 0 Å². The summed E-state index contributed by atoms with van der Waals surface area (Å²) in [6.45, 7) is 6.12. The molecular formula is C35H70ClNO3. The molecule has 0 aliphatic carbocycles. The average Bonchev–Trinajstić information content (AvgIpc) is 2.92. The maximum absolute atomic E-state index is 13.0. The van der Waals surface area contributed by atoms with Crippen LogP contribution in [0.15, 0.2) is 0 Å². The van der Waals surface area contributed by atoms with Crippen LogP contribution < -0.4 is 12.4 Å². The number of rotatable bonds is 29. The first-order valence-electron chi connectivity index (χ1n) is 17.5. The minimum Gasteiger partial charge on any atom is -1.00 e. The second kappa shape index (κ2) is 30.0. The molecule has 0 aromatic carbocycles. The van der Waals surface area contributed by atoms with E-state index in [9.17, 15) is 14.7 Å². The van der Waals surface area contributed by atoms with Crippen molar-refractivity contribution in [3.05, 3.63) is 0 Å². The van der Waals surface area contributed by atoms with E-state index < -0.39 is 10.7 Å². The third-order valence-electron chi connectivity index (χ3n) is 8.77. The number of hydrogen-bond acceptors (Lipinski definition) is 3. The van der Waals surface area contributed by atoms with Gasteiger partial charge in [-0.05, 0) is 12.8 Å². The molecule has 5 heteroatoms. The van der Waals surface area contributed by atoms with Gasteiger partial charge in [-0.15, -0.1) is 0 Å². The highest BCUT2D eigenvalue weighted by atomic mass is 35.5. The van der Waals surface area contributed by atoms with Crippen molar-refractivity contribution in [3.63, 3.8) is 0 Å². The quantitative estimate of drug-likeness (QED) is 0.0552. The van der Waals surface area contributed by atoms with Crippen LogP contribution in [0.25, 0.3) is 0 Å². The first-order chi connectivity index (χ1) is 18.9. The van der Waals surface area contributed by atoms with Crippen molar-refractivity contribution >= 4 is 11.8 Å². The molecule has 4 nitrogen and oxygen atoms in total. The number of unbranched alkanes of at least 4 members (excludes halogenated alkanes) is 24. The Morgan fingerprint density at radius 3 is 0.875 bits per heavy atom. The highest BCUT2D eigenvalue weighted by molar-refractivity contribution is 5.84. The lowest BCUT2D eigenvalue weighted by Gasteiger charge is -2.31. The first kappa shape index (κ1) is 41.7. The maximum Gasteiger partial charge on any atom is 0.323 e. The second-order valence-corrected chi connectivity index (χ2v) is 12.5. The number of nitrogens with zero attached hydrogens (tertiary/aromatic N) is 1. The largest absolute Gasteiger partial charge is 1.00 e. The van der Waals surface area contributed by atoms with Crippen molar-refractivity contribution in [1.82, 2.24) is 0 Å². The standard InChI is InChI=1S/C35H70NO3.ClH/c1-5-7-9-11-13-15-17-19-21-23-25-27-29-31-34(38)36(4,33(3)37)35(39)32-30-28-26-24-22-20-18-16-14-12-10-8-6-2;/h33,37H,5-32H2,1-4H3;1H/q+1;/p-1. The van der Waals surface area contributed by atoms with Gasteiger partial charge in [-0.25, -0.2) is 9.59 Å². The number of aliphatic hydroxyl groups excluding tert-OH is 1. The van der Waals surface area contributed by atoms with Crippen LogP contribution in [-0.4, -0.2) is 34.7 Å². The molecule has 1 N–H and O–H groups in total. The molecule has 0 bridgehead atoms. The number of hydrogen-bond donors (Lipinski definition) is 1. The summed E-state index contributed by atoms with van der Waals surface area (Å²) in [4.78, 5) is 25.9. The number of halogens is 1. The molecular weight excluding hydrogens is 518 g/mol. The Morgan fingerprint density at radius 2 is 0.675 bits per heavy atom. The van der Waals surface area contributed by atoms with E-state index in [1.54, 1.807) is 14.0 Å². The molecule has 0 aliphatic heterocycles. The van der Waals surface area contributed by atoms with Crippen LogP contribution in [0, 0.1) is 0 Å². The van der Waals surface area contributed by atoms with Gasteiger partial charge < -0.3 is 17.5 Å². The molecule has 0 aliphatic rings. The van der Waals surface area contributed by atoms with Crippen LogP contribution in [0.5, 0.6) is 0 Å². The predicted molar refractivity (Wildman–Crippen MR) is 169 cm³/mol. The number of carbonyl (C=O) groups excluding carboxylic acids is 2. The molecule has 0 saturated carbocycles. The van der Waals surface area contributed by atoms with Crippen molar-refractivity contribution in [1.29, 1.82) is 0 Å². The Hall–Kier alpha value is -0.450. The van der Waals surface area contributed by atoms with Gasteiger partial charge in [-0.3, -0.25) is 0 Å². The second-order valence-electron chi connectivity index (χ2n) is 12.5. The molecule has 1 atom stereocenters. The summed E-state index contributed by atoms with van der Waals surface area (Å²) in [6, 6.07) is 0. The summed E-state index contributed by atoms with van der Waals surface area (Å²) in [6.07, 6.45) is 32.8. The highest BCUT2D eigenvalue weighted by Gasteiger charge is 2.43. The third-order valence-corrected chi connectivity index (χ3v) is 8.77. The number of amides is 2. The minimum absolute atomic E-state index is 0. The van der Waals surface area contributed by atoms with Crippen LogP contribution in [0.2, 0.25) is 0 Å². The van der Waals surface area contributed by atoms with Gasteiger partial charge >= 0.3 is 11.8 Å². The average molecular weight is 588 g/mol. The molecule has 40 heavy (non-hydrogen) atoms. The monoisotopic (exact) mass is 588 g/mol. The zero-order valence-electron chi connectivity index (χ0n) is 27.5. The fourth-order valence-corrected chi connectivity index (χ4v) is 5.61. The van der Waals surface area contributed by atoms with Gasteiger partial charge in [0.1, 0.15) is 0 Å². The highest BCUT2D eigenvalue weighted by Crippen LogP contribution is 2.20. The molecule has 0 heterocycles. The molecule has 0 aromatic heterocycles. The maximum atomic E-state index is 13.0. The number of quaternary nitrogens is 1. The Morgan fingerprint density at radius 1 is 0.475 bits per heavy atom. The van der Waals surface area contributed by atoms with Crippen molar-refractivity contribution in [3.8, 4) is 0 Å². The summed E-state index contributed by atoms with van der Waals surface area (Å²) in [7, 11) is 1.62. The van der Waals surface area contributed by atoms with Gasteiger partial charge in [-0.2, -0.15) is 4.48 Å². The SMILES string of the molecule is CCCCCCCCCCCCCCCC(=O)[N+](C)(C(=O)CCCCCCCCCCCCCCC)C(C)O.[Cl-]. The first-order valence-corrected chi connectivity index (χ1v) is 17.5. The summed E-state index contributed by atoms with van der Waals surface area (Å²) in [5.41, 5.74) is 0.